The third kappa shape index (κ3) is 5.84. The highest BCUT2D eigenvalue weighted by atomic mass is 35.5. The Balaban J connectivity index is 0.00000264. The van der Waals surface area contributed by atoms with E-state index in [0.29, 0.717) is 37.5 Å². The van der Waals surface area contributed by atoms with E-state index in [-0.39, 0.29) is 24.2 Å². The second-order valence-electron chi connectivity index (χ2n) is 6.36. The first-order valence-corrected chi connectivity index (χ1v) is 7.78. The van der Waals surface area contributed by atoms with E-state index in [0.717, 1.165) is 12.1 Å². The fourth-order valence-electron chi connectivity index (χ4n) is 2.65. The number of amides is 1. The summed E-state index contributed by atoms with van der Waals surface area (Å²) in [5.41, 5.74) is 1.70. The van der Waals surface area contributed by atoms with E-state index in [2.05, 4.69) is 24.1 Å². The quantitative estimate of drug-likeness (QED) is 0.834. The van der Waals surface area contributed by atoms with Gasteiger partial charge in [-0.25, -0.2) is 0 Å². The summed E-state index contributed by atoms with van der Waals surface area (Å²) < 4.78 is 0. The topological polar surface area (TPSA) is 69.6 Å². The number of carboxylic acids is 1. The monoisotopic (exact) mass is 340 g/mol. The van der Waals surface area contributed by atoms with Gasteiger partial charge in [0, 0.05) is 25.2 Å². The van der Waals surface area contributed by atoms with Gasteiger partial charge in [-0.1, -0.05) is 26.0 Å². The smallest absolute Gasteiger partial charge is 0.307 e. The highest BCUT2D eigenvalue weighted by Gasteiger charge is 2.27. The molecule has 1 atom stereocenters. The maximum atomic E-state index is 12.1. The Kier molecular flexibility index (Phi) is 7.52. The molecule has 2 rings (SSSR count). The van der Waals surface area contributed by atoms with Crippen molar-refractivity contribution in [2.45, 2.75) is 26.8 Å². The Morgan fingerprint density at radius 2 is 2.13 bits per heavy atom. The number of nitrogens with one attached hydrogen (secondary N) is 1. The SMILES string of the molecule is CC(C)CNC(=O)c1cccc(CN2CCC(C(=O)O)C2)c1.Cl. The summed E-state index contributed by atoms with van der Waals surface area (Å²) >= 11 is 0. The van der Waals surface area contributed by atoms with Gasteiger partial charge >= 0.3 is 5.97 Å². The van der Waals surface area contributed by atoms with Crippen molar-refractivity contribution in [3.05, 3.63) is 35.4 Å². The molecule has 0 aliphatic carbocycles. The zero-order chi connectivity index (χ0) is 16.1. The normalized spacial score (nSPS) is 17.8. The Hall–Kier alpha value is -1.59. The van der Waals surface area contributed by atoms with Gasteiger partial charge in [0.25, 0.3) is 5.91 Å². The number of nitrogens with zero attached hydrogens (tertiary/aromatic N) is 1. The van der Waals surface area contributed by atoms with Crippen molar-refractivity contribution in [3.8, 4) is 0 Å². The predicted octanol–water partition coefficient (Wildman–Crippen LogP) is 2.40. The Bertz CT molecular complexity index is 548. The number of carbonyl (C=O) groups excluding carboxylic acids is 1. The number of rotatable bonds is 6. The summed E-state index contributed by atoms with van der Waals surface area (Å²) in [6.07, 6.45) is 0.698. The Morgan fingerprint density at radius 3 is 2.74 bits per heavy atom. The number of likely N-dealkylation sites (tertiary alicyclic amines) is 1. The number of carboxylic acid groups (broad SMARTS) is 1. The summed E-state index contributed by atoms with van der Waals surface area (Å²) in [7, 11) is 0. The van der Waals surface area contributed by atoms with E-state index in [1.54, 1.807) is 0 Å². The molecule has 0 aromatic heterocycles. The lowest BCUT2D eigenvalue weighted by molar-refractivity contribution is -0.141. The highest BCUT2D eigenvalue weighted by molar-refractivity contribution is 5.94. The summed E-state index contributed by atoms with van der Waals surface area (Å²) in [5, 5.41) is 11.9. The maximum Gasteiger partial charge on any atom is 0.307 e. The van der Waals surface area contributed by atoms with Crippen LogP contribution < -0.4 is 5.32 Å². The van der Waals surface area contributed by atoms with E-state index in [1.807, 2.05) is 24.3 Å². The maximum absolute atomic E-state index is 12.1. The molecule has 6 heteroatoms. The second-order valence-corrected chi connectivity index (χ2v) is 6.36. The van der Waals surface area contributed by atoms with Gasteiger partial charge in [-0.15, -0.1) is 12.4 Å². The molecule has 2 N–H and O–H groups in total. The van der Waals surface area contributed by atoms with Crippen LogP contribution in [0.3, 0.4) is 0 Å². The van der Waals surface area contributed by atoms with Crippen LogP contribution in [0.2, 0.25) is 0 Å². The molecule has 1 aromatic carbocycles. The molecule has 0 saturated carbocycles. The average Bonchev–Trinajstić information content (AvgIpc) is 2.93. The van der Waals surface area contributed by atoms with Crippen molar-refractivity contribution >= 4 is 24.3 Å². The fourth-order valence-corrected chi connectivity index (χ4v) is 2.65. The Morgan fingerprint density at radius 1 is 1.39 bits per heavy atom. The van der Waals surface area contributed by atoms with Gasteiger partial charge in [-0.3, -0.25) is 14.5 Å². The molecule has 0 bridgehead atoms. The molecule has 1 aromatic rings. The van der Waals surface area contributed by atoms with E-state index in [4.69, 9.17) is 5.11 Å². The molecule has 1 amide bonds. The summed E-state index contributed by atoms with van der Waals surface area (Å²) in [5.74, 6) is -0.619. The van der Waals surface area contributed by atoms with E-state index < -0.39 is 5.97 Å². The van der Waals surface area contributed by atoms with Crippen molar-refractivity contribution in [2.24, 2.45) is 11.8 Å². The van der Waals surface area contributed by atoms with Crippen molar-refractivity contribution < 1.29 is 14.7 Å². The first-order chi connectivity index (χ1) is 10.5. The molecular weight excluding hydrogens is 316 g/mol. The van der Waals surface area contributed by atoms with Crippen LogP contribution in [0.25, 0.3) is 0 Å². The van der Waals surface area contributed by atoms with E-state index in [1.165, 1.54) is 0 Å². The second kappa shape index (κ2) is 8.89. The minimum absolute atomic E-state index is 0. The van der Waals surface area contributed by atoms with Crippen LogP contribution in [0.15, 0.2) is 24.3 Å². The molecule has 0 radical (unpaired) electrons. The standard InChI is InChI=1S/C17H24N2O3.ClH/c1-12(2)9-18-16(20)14-5-3-4-13(8-14)10-19-7-6-15(11-19)17(21)22;/h3-5,8,12,15H,6-7,9-11H2,1-2H3,(H,18,20)(H,21,22);1H. The summed E-state index contributed by atoms with van der Waals surface area (Å²) in [6.45, 7) is 6.84. The molecule has 1 saturated heterocycles. The van der Waals surface area contributed by atoms with Gasteiger partial charge in [0.05, 0.1) is 5.92 Å². The number of aliphatic carboxylic acids is 1. The molecule has 1 heterocycles. The number of halogens is 1. The average molecular weight is 341 g/mol. The first-order valence-electron chi connectivity index (χ1n) is 7.78. The van der Waals surface area contributed by atoms with Crippen molar-refractivity contribution in [1.29, 1.82) is 0 Å². The molecule has 128 valence electrons. The molecule has 1 fully saturated rings. The minimum atomic E-state index is -0.718. The lowest BCUT2D eigenvalue weighted by Gasteiger charge is -2.16. The molecular formula is C17H25ClN2O3. The third-order valence-corrected chi connectivity index (χ3v) is 3.89. The van der Waals surface area contributed by atoms with Gasteiger partial charge in [0.15, 0.2) is 0 Å². The van der Waals surface area contributed by atoms with Crippen molar-refractivity contribution in [3.63, 3.8) is 0 Å². The molecule has 1 unspecified atom stereocenters. The van der Waals surface area contributed by atoms with Crippen LogP contribution >= 0.6 is 12.4 Å². The van der Waals surface area contributed by atoms with Crippen LogP contribution in [0.5, 0.6) is 0 Å². The Labute approximate surface area is 143 Å². The molecule has 5 nitrogen and oxygen atoms in total. The van der Waals surface area contributed by atoms with Crippen LogP contribution in [0.4, 0.5) is 0 Å². The summed E-state index contributed by atoms with van der Waals surface area (Å²) in [6, 6.07) is 7.56. The zero-order valence-electron chi connectivity index (χ0n) is 13.6. The minimum Gasteiger partial charge on any atom is -0.481 e. The third-order valence-electron chi connectivity index (χ3n) is 3.89. The number of hydrogen-bond donors (Lipinski definition) is 2. The molecule has 23 heavy (non-hydrogen) atoms. The predicted molar refractivity (Wildman–Crippen MR) is 91.9 cm³/mol. The highest BCUT2D eigenvalue weighted by Crippen LogP contribution is 2.19. The number of benzene rings is 1. The molecule has 0 spiro atoms. The lowest BCUT2D eigenvalue weighted by atomic mass is 10.1. The molecule has 1 aliphatic heterocycles. The van der Waals surface area contributed by atoms with Crippen LogP contribution in [0.1, 0.15) is 36.2 Å². The van der Waals surface area contributed by atoms with Crippen molar-refractivity contribution in [1.82, 2.24) is 10.2 Å². The number of hydrogen-bond acceptors (Lipinski definition) is 3. The zero-order valence-corrected chi connectivity index (χ0v) is 14.4. The van der Waals surface area contributed by atoms with Gasteiger partial charge in [-0.05, 0) is 36.6 Å². The molecule has 1 aliphatic rings. The van der Waals surface area contributed by atoms with Gasteiger partial charge in [-0.2, -0.15) is 0 Å². The number of carbonyl (C=O) groups is 2. The lowest BCUT2D eigenvalue weighted by Crippen LogP contribution is -2.27. The van der Waals surface area contributed by atoms with E-state index in [9.17, 15) is 9.59 Å². The van der Waals surface area contributed by atoms with Crippen molar-refractivity contribution in [2.75, 3.05) is 19.6 Å². The van der Waals surface area contributed by atoms with Gasteiger partial charge in [0.2, 0.25) is 0 Å². The van der Waals surface area contributed by atoms with Gasteiger partial charge < -0.3 is 10.4 Å². The van der Waals surface area contributed by atoms with Crippen LogP contribution in [0, 0.1) is 11.8 Å². The van der Waals surface area contributed by atoms with Gasteiger partial charge in [0.1, 0.15) is 0 Å². The van der Waals surface area contributed by atoms with Crippen LogP contribution in [-0.4, -0.2) is 41.5 Å². The summed E-state index contributed by atoms with van der Waals surface area (Å²) in [4.78, 5) is 25.2. The fraction of sp³-hybridized carbons (Fsp3) is 0.529. The van der Waals surface area contributed by atoms with Crippen LogP contribution in [-0.2, 0) is 11.3 Å². The van der Waals surface area contributed by atoms with E-state index >= 15 is 0 Å². The first kappa shape index (κ1) is 19.5. The largest absolute Gasteiger partial charge is 0.481 e.